The van der Waals surface area contributed by atoms with Crippen molar-refractivity contribution in [2.24, 2.45) is 11.3 Å². The maximum atomic E-state index is 11.6. The zero-order chi connectivity index (χ0) is 13.1. The third kappa shape index (κ3) is 5.06. The molecule has 5 nitrogen and oxygen atoms in total. The summed E-state index contributed by atoms with van der Waals surface area (Å²) in [7, 11) is 0. The van der Waals surface area contributed by atoms with E-state index in [1.165, 1.54) is 0 Å². The lowest BCUT2D eigenvalue weighted by Crippen LogP contribution is -2.54. The van der Waals surface area contributed by atoms with E-state index in [4.69, 9.17) is 5.11 Å². The van der Waals surface area contributed by atoms with Crippen molar-refractivity contribution < 1.29 is 14.7 Å². The second kappa shape index (κ2) is 5.38. The highest BCUT2D eigenvalue weighted by atomic mass is 16.4. The zero-order valence-electron chi connectivity index (χ0n) is 10.8. The van der Waals surface area contributed by atoms with Gasteiger partial charge < -0.3 is 15.3 Å². The third-order valence-corrected chi connectivity index (χ3v) is 2.86. The van der Waals surface area contributed by atoms with Gasteiger partial charge in [0.1, 0.15) is 0 Å². The number of amides is 2. The first-order chi connectivity index (χ1) is 7.78. The molecule has 17 heavy (non-hydrogen) atoms. The van der Waals surface area contributed by atoms with E-state index in [0.29, 0.717) is 19.6 Å². The summed E-state index contributed by atoms with van der Waals surface area (Å²) in [6, 6.07) is -0.0733. The first-order valence-corrected chi connectivity index (χ1v) is 6.02. The van der Waals surface area contributed by atoms with E-state index in [1.807, 2.05) is 0 Å². The van der Waals surface area contributed by atoms with Crippen LogP contribution >= 0.6 is 0 Å². The topological polar surface area (TPSA) is 69.6 Å². The summed E-state index contributed by atoms with van der Waals surface area (Å²) in [4.78, 5) is 23.7. The third-order valence-electron chi connectivity index (χ3n) is 2.86. The Kier molecular flexibility index (Phi) is 4.37. The Balaban J connectivity index is 2.13. The molecule has 5 heteroatoms. The van der Waals surface area contributed by atoms with Gasteiger partial charge in [0.05, 0.1) is 6.42 Å². The average molecular weight is 242 g/mol. The molecule has 1 saturated heterocycles. The first-order valence-electron chi connectivity index (χ1n) is 6.02. The number of carboxylic acid groups (broad SMARTS) is 1. The SMILES string of the molecule is CC(C)(C)CCNC(=O)N1CC(CC(=O)O)C1. The summed E-state index contributed by atoms with van der Waals surface area (Å²) in [6.45, 7) is 8.19. The fourth-order valence-corrected chi connectivity index (χ4v) is 1.77. The number of likely N-dealkylation sites (tertiary alicyclic amines) is 1. The molecule has 0 bridgehead atoms. The standard InChI is InChI=1S/C12H22N2O3/c1-12(2,3)4-5-13-11(17)14-7-9(8-14)6-10(15)16/h9H,4-8H2,1-3H3,(H,13,17)(H,15,16). The summed E-state index contributed by atoms with van der Waals surface area (Å²) < 4.78 is 0. The number of carboxylic acids is 1. The maximum absolute atomic E-state index is 11.6. The van der Waals surface area contributed by atoms with E-state index in [1.54, 1.807) is 4.90 Å². The van der Waals surface area contributed by atoms with Gasteiger partial charge in [-0.3, -0.25) is 4.79 Å². The molecular weight excluding hydrogens is 220 g/mol. The molecule has 0 saturated carbocycles. The highest BCUT2D eigenvalue weighted by Gasteiger charge is 2.31. The number of nitrogens with one attached hydrogen (secondary N) is 1. The van der Waals surface area contributed by atoms with Crippen LogP contribution in [0.2, 0.25) is 0 Å². The molecule has 0 aromatic rings. The Morgan fingerprint density at radius 3 is 2.41 bits per heavy atom. The van der Waals surface area contributed by atoms with Gasteiger partial charge in [0.15, 0.2) is 0 Å². The smallest absolute Gasteiger partial charge is 0.317 e. The van der Waals surface area contributed by atoms with Crippen molar-refractivity contribution in [3.8, 4) is 0 Å². The van der Waals surface area contributed by atoms with Crippen LogP contribution in [0.4, 0.5) is 4.79 Å². The highest BCUT2D eigenvalue weighted by Crippen LogP contribution is 2.20. The molecular formula is C12H22N2O3. The van der Waals surface area contributed by atoms with Crippen LogP contribution in [0, 0.1) is 11.3 Å². The molecule has 1 aliphatic heterocycles. The van der Waals surface area contributed by atoms with Crippen LogP contribution in [0.15, 0.2) is 0 Å². The van der Waals surface area contributed by atoms with Crippen LogP contribution in [-0.4, -0.2) is 41.6 Å². The molecule has 2 N–H and O–H groups in total. The number of hydrogen-bond acceptors (Lipinski definition) is 2. The van der Waals surface area contributed by atoms with Crippen LogP contribution in [-0.2, 0) is 4.79 Å². The van der Waals surface area contributed by atoms with Crippen molar-refractivity contribution in [3.05, 3.63) is 0 Å². The molecule has 0 radical (unpaired) electrons. The fourth-order valence-electron chi connectivity index (χ4n) is 1.77. The Hall–Kier alpha value is -1.26. The number of carbonyl (C=O) groups is 2. The molecule has 1 rings (SSSR count). The van der Waals surface area contributed by atoms with Gasteiger partial charge >= 0.3 is 12.0 Å². The lowest BCUT2D eigenvalue weighted by molar-refractivity contribution is -0.139. The van der Waals surface area contributed by atoms with Crippen molar-refractivity contribution in [2.45, 2.75) is 33.6 Å². The van der Waals surface area contributed by atoms with Gasteiger partial charge in [0.25, 0.3) is 0 Å². The van der Waals surface area contributed by atoms with Crippen LogP contribution in [0.5, 0.6) is 0 Å². The monoisotopic (exact) mass is 242 g/mol. The Bertz CT molecular complexity index is 291. The summed E-state index contributed by atoms with van der Waals surface area (Å²) in [6.07, 6.45) is 1.09. The Labute approximate surface area is 102 Å². The molecule has 0 aliphatic carbocycles. The largest absolute Gasteiger partial charge is 0.481 e. The van der Waals surface area contributed by atoms with Gasteiger partial charge in [-0.25, -0.2) is 4.79 Å². The molecule has 1 fully saturated rings. The summed E-state index contributed by atoms with van der Waals surface area (Å²) in [5.41, 5.74) is 0.216. The van der Waals surface area contributed by atoms with Gasteiger partial charge in [-0.2, -0.15) is 0 Å². The van der Waals surface area contributed by atoms with E-state index in [9.17, 15) is 9.59 Å². The maximum Gasteiger partial charge on any atom is 0.317 e. The number of nitrogens with zero attached hydrogens (tertiary/aromatic N) is 1. The van der Waals surface area contributed by atoms with Gasteiger partial charge in [-0.15, -0.1) is 0 Å². The quantitative estimate of drug-likeness (QED) is 0.785. The zero-order valence-corrected chi connectivity index (χ0v) is 10.8. The number of urea groups is 1. The van der Waals surface area contributed by atoms with Crippen LogP contribution in [0.25, 0.3) is 0 Å². The Morgan fingerprint density at radius 1 is 1.35 bits per heavy atom. The minimum absolute atomic E-state index is 0.0733. The average Bonchev–Trinajstić information content (AvgIpc) is 2.07. The number of rotatable bonds is 4. The van der Waals surface area contributed by atoms with E-state index >= 15 is 0 Å². The number of aliphatic carboxylic acids is 1. The van der Waals surface area contributed by atoms with Crippen LogP contribution in [0.1, 0.15) is 33.6 Å². The second-order valence-corrected chi connectivity index (χ2v) is 5.91. The van der Waals surface area contributed by atoms with Gasteiger partial charge in [0.2, 0.25) is 0 Å². The van der Waals surface area contributed by atoms with E-state index in [-0.39, 0.29) is 23.8 Å². The molecule has 0 unspecified atom stereocenters. The number of carbonyl (C=O) groups excluding carboxylic acids is 1. The van der Waals surface area contributed by atoms with Crippen molar-refractivity contribution >= 4 is 12.0 Å². The van der Waals surface area contributed by atoms with Crippen molar-refractivity contribution in [1.29, 1.82) is 0 Å². The highest BCUT2D eigenvalue weighted by molar-refractivity contribution is 5.75. The molecule has 2 amide bonds. The van der Waals surface area contributed by atoms with Crippen LogP contribution in [0.3, 0.4) is 0 Å². The molecule has 0 atom stereocenters. The molecule has 1 heterocycles. The van der Waals surface area contributed by atoms with Gasteiger partial charge in [-0.1, -0.05) is 20.8 Å². The molecule has 1 aliphatic rings. The molecule has 0 aromatic carbocycles. The second-order valence-electron chi connectivity index (χ2n) is 5.91. The molecule has 0 aromatic heterocycles. The normalized spacial score (nSPS) is 16.5. The van der Waals surface area contributed by atoms with Crippen molar-refractivity contribution in [1.82, 2.24) is 10.2 Å². The molecule has 0 spiro atoms. The first kappa shape index (κ1) is 13.8. The predicted molar refractivity (Wildman–Crippen MR) is 64.8 cm³/mol. The van der Waals surface area contributed by atoms with Gasteiger partial charge in [-0.05, 0) is 11.8 Å². The van der Waals surface area contributed by atoms with Crippen molar-refractivity contribution in [2.75, 3.05) is 19.6 Å². The predicted octanol–water partition coefficient (Wildman–Crippen LogP) is 1.54. The van der Waals surface area contributed by atoms with Crippen molar-refractivity contribution in [3.63, 3.8) is 0 Å². The lowest BCUT2D eigenvalue weighted by Gasteiger charge is -2.38. The van der Waals surface area contributed by atoms with E-state index in [2.05, 4.69) is 26.1 Å². The summed E-state index contributed by atoms with van der Waals surface area (Å²) >= 11 is 0. The minimum Gasteiger partial charge on any atom is -0.481 e. The number of hydrogen-bond donors (Lipinski definition) is 2. The summed E-state index contributed by atoms with van der Waals surface area (Å²) in [5.74, 6) is -0.663. The minimum atomic E-state index is -0.789. The van der Waals surface area contributed by atoms with E-state index < -0.39 is 5.97 Å². The molecule has 98 valence electrons. The van der Waals surface area contributed by atoms with E-state index in [0.717, 1.165) is 6.42 Å². The fraction of sp³-hybridized carbons (Fsp3) is 0.833. The Morgan fingerprint density at radius 2 is 1.94 bits per heavy atom. The summed E-state index contributed by atoms with van der Waals surface area (Å²) in [5, 5.41) is 11.4. The van der Waals surface area contributed by atoms with Crippen LogP contribution < -0.4 is 5.32 Å². The lowest BCUT2D eigenvalue weighted by atomic mass is 9.92. The van der Waals surface area contributed by atoms with Gasteiger partial charge in [0, 0.05) is 25.6 Å².